The van der Waals surface area contributed by atoms with E-state index < -0.39 is 42.6 Å². The molecule has 1 aliphatic heterocycles. The highest BCUT2D eigenvalue weighted by Gasteiger charge is 2.36. The van der Waals surface area contributed by atoms with Gasteiger partial charge in [-0.2, -0.15) is 13.2 Å². The number of carbonyl (C=O) groups excluding carboxylic acids is 2. The normalized spacial score (nSPS) is 18.8. The Morgan fingerprint density at radius 1 is 1.28 bits per heavy atom. The third-order valence-corrected chi connectivity index (χ3v) is 6.72. The molecule has 0 unspecified atom stereocenters. The molecule has 2 rings (SSSR count). The Morgan fingerprint density at radius 2 is 1.95 bits per heavy atom. The minimum absolute atomic E-state index is 0.0171. The molecule has 1 aliphatic rings. The highest BCUT2D eigenvalue weighted by molar-refractivity contribution is 6.30. The molecule has 3 atom stereocenters. The molecule has 1 fully saturated rings. The number of hydrogen-bond donors (Lipinski definition) is 3. The summed E-state index contributed by atoms with van der Waals surface area (Å²) in [6, 6.07) is 6.05. The maximum absolute atomic E-state index is 12.9. The lowest BCUT2D eigenvalue weighted by Crippen LogP contribution is -2.61. The van der Waals surface area contributed by atoms with E-state index in [-0.39, 0.29) is 19.5 Å². The van der Waals surface area contributed by atoms with Crippen molar-refractivity contribution in [1.82, 2.24) is 15.1 Å². The van der Waals surface area contributed by atoms with Crippen LogP contribution in [0.25, 0.3) is 5.76 Å². The van der Waals surface area contributed by atoms with Gasteiger partial charge in [0.05, 0.1) is 12.6 Å². The average molecular weight is 575 g/mol. The first-order valence-corrected chi connectivity index (χ1v) is 13.3. The number of halogens is 4. The molecule has 0 aliphatic carbocycles. The summed E-state index contributed by atoms with van der Waals surface area (Å²) in [6.45, 7) is 7.47. The summed E-state index contributed by atoms with van der Waals surface area (Å²) in [7, 11) is 0. The predicted molar refractivity (Wildman–Crippen MR) is 144 cm³/mol. The van der Waals surface area contributed by atoms with Crippen LogP contribution in [0.3, 0.4) is 0 Å². The lowest BCUT2D eigenvalue weighted by atomic mass is 9.97. The number of rotatable bonds is 14. The second kappa shape index (κ2) is 15.3. The second-order valence-corrected chi connectivity index (χ2v) is 10.0. The Labute approximate surface area is 232 Å². The van der Waals surface area contributed by atoms with Crippen molar-refractivity contribution in [2.45, 2.75) is 51.4 Å². The van der Waals surface area contributed by atoms with Crippen LogP contribution in [0.2, 0.25) is 5.02 Å². The maximum atomic E-state index is 12.9. The van der Waals surface area contributed by atoms with Crippen molar-refractivity contribution < 1.29 is 32.6 Å². The number of aliphatic hydroxyl groups excluding tert-OH is 1. The first-order chi connectivity index (χ1) is 18.3. The number of piperazine rings is 1. The van der Waals surface area contributed by atoms with E-state index in [1.165, 1.54) is 0 Å². The largest absolute Gasteiger partial charge is 0.461 e. The van der Waals surface area contributed by atoms with Crippen LogP contribution in [0.15, 0.2) is 42.7 Å². The van der Waals surface area contributed by atoms with Crippen molar-refractivity contribution in [1.29, 1.82) is 0 Å². The number of aliphatic hydroxyl groups is 1. The highest BCUT2D eigenvalue weighted by Crippen LogP contribution is 2.22. The topological polar surface area (TPSA) is 108 Å². The van der Waals surface area contributed by atoms with Crippen LogP contribution in [0.1, 0.15) is 38.7 Å². The van der Waals surface area contributed by atoms with Crippen LogP contribution < -0.4 is 11.1 Å². The predicted octanol–water partition coefficient (Wildman–Crippen LogP) is 3.55. The zero-order chi connectivity index (χ0) is 29.2. The number of nitrogens with two attached hydrogens (primary N) is 1. The highest BCUT2D eigenvalue weighted by atomic mass is 35.5. The van der Waals surface area contributed by atoms with Gasteiger partial charge < -0.3 is 20.9 Å². The average Bonchev–Trinajstić information content (AvgIpc) is 2.86. The van der Waals surface area contributed by atoms with Gasteiger partial charge in [0.15, 0.2) is 0 Å². The van der Waals surface area contributed by atoms with Gasteiger partial charge in [0.1, 0.15) is 24.1 Å². The van der Waals surface area contributed by atoms with Crippen LogP contribution in [-0.4, -0.2) is 84.3 Å². The van der Waals surface area contributed by atoms with E-state index in [4.69, 9.17) is 22.1 Å². The molecule has 12 heteroatoms. The van der Waals surface area contributed by atoms with Gasteiger partial charge in [0.2, 0.25) is 11.8 Å². The van der Waals surface area contributed by atoms with E-state index in [1.807, 2.05) is 23.2 Å². The monoisotopic (exact) mass is 574 g/mol. The summed E-state index contributed by atoms with van der Waals surface area (Å²) in [5.74, 6) is -0.860. The van der Waals surface area contributed by atoms with Gasteiger partial charge in [-0.25, -0.2) is 0 Å². The van der Waals surface area contributed by atoms with E-state index in [9.17, 15) is 27.9 Å². The Balaban J connectivity index is 2.13. The number of alkyl halides is 3. The molecule has 0 bridgehead atoms. The number of allylic oxidation sites excluding steroid dienone is 1. The molecular formula is C27H38ClF3N4O4. The quantitative estimate of drug-likeness (QED) is 0.293. The smallest absolute Gasteiger partial charge is 0.405 e. The molecule has 39 heavy (non-hydrogen) atoms. The van der Waals surface area contributed by atoms with E-state index in [2.05, 4.69) is 6.58 Å². The standard InChI is InChI=1S/C27H38ClF3N4O4/c1-4-6-23(39-18(3)20-7-9-21(28)10-8-20)15-34-11-12-35(14-22(36)13-19(5-2)25(32)37)24(16-34)26(38)33-17-27(29,30)31/h6-10,19,22,24,36H,3-5,11-17H2,1-2H3,(H2,32,37)(H,33,38)/b23-6-/t19-,22+,24+/m1/s1. The summed E-state index contributed by atoms with van der Waals surface area (Å²) < 4.78 is 44.4. The first kappa shape index (κ1) is 32.6. The molecule has 0 saturated carbocycles. The molecule has 0 aromatic heterocycles. The number of ether oxygens (including phenoxy) is 1. The third kappa shape index (κ3) is 11.2. The van der Waals surface area contributed by atoms with Crippen molar-refractivity contribution in [2.24, 2.45) is 11.7 Å². The van der Waals surface area contributed by atoms with Crippen molar-refractivity contribution >= 4 is 29.2 Å². The fourth-order valence-electron chi connectivity index (χ4n) is 4.39. The minimum Gasteiger partial charge on any atom is -0.461 e. The number of β-amino-alcohol motifs (C(OH)–C–C–N with tert-alkyl or cyclic N) is 1. The lowest BCUT2D eigenvalue weighted by molar-refractivity contribution is -0.143. The molecule has 0 radical (unpaired) electrons. The first-order valence-electron chi connectivity index (χ1n) is 12.9. The summed E-state index contributed by atoms with van der Waals surface area (Å²) in [5, 5.41) is 13.1. The van der Waals surface area contributed by atoms with E-state index >= 15 is 0 Å². The third-order valence-electron chi connectivity index (χ3n) is 6.47. The molecular weight excluding hydrogens is 537 g/mol. The van der Waals surface area contributed by atoms with Gasteiger partial charge in [-0.3, -0.25) is 19.4 Å². The Hall–Kier alpha value is -2.60. The van der Waals surface area contributed by atoms with Crippen LogP contribution in [0.5, 0.6) is 0 Å². The molecule has 4 N–H and O–H groups in total. The summed E-state index contributed by atoms with van der Waals surface area (Å²) in [5.41, 5.74) is 6.12. The second-order valence-electron chi connectivity index (χ2n) is 9.59. The van der Waals surface area contributed by atoms with E-state index in [0.29, 0.717) is 49.0 Å². The number of hydrogen-bond acceptors (Lipinski definition) is 6. The van der Waals surface area contributed by atoms with Gasteiger partial charge in [0, 0.05) is 42.7 Å². The Bertz CT molecular complexity index is 1000. The molecule has 1 aromatic carbocycles. The van der Waals surface area contributed by atoms with Crippen LogP contribution in [0.4, 0.5) is 13.2 Å². The molecule has 0 spiro atoms. The summed E-state index contributed by atoms with van der Waals surface area (Å²) in [4.78, 5) is 28.0. The number of benzene rings is 1. The molecule has 1 saturated heterocycles. The number of nitrogens with one attached hydrogen (secondary N) is 1. The summed E-state index contributed by atoms with van der Waals surface area (Å²) in [6.07, 6.45) is -2.43. The van der Waals surface area contributed by atoms with Crippen molar-refractivity contribution in [3.05, 3.63) is 53.3 Å². The number of carbonyl (C=O) groups is 2. The number of nitrogens with zero attached hydrogens (tertiary/aromatic N) is 2. The van der Waals surface area contributed by atoms with Crippen molar-refractivity contribution in [2.75, 3.05) is 39.3 Å². The number of amides is 2. The Morgan fingerprint density at radius 3 is 2.51 bits per heavy atom. The van der Waals surface area contributed by atoms with Crippen LogP contribution >= 0.6 is 11.6 Å². The van der Waals surface area contributed by atoms with Gasteiger partial charge in [-0.15, -0.1) is 0 Å². The van der Waals surface area contributed by atoms with Crippen LogP contribution in [-0.2, 0) is 14.3 Å². The Kier molecular flexibility index (Phi) is 12.8. The lowest BCUT2D eigenvalue weighted by Gasteiger charge is -2.41. The van der Waals surface area contributed by atoms with Crippen molar-refractivity contribution in [3.63, 3.8) is 0 Å². The van der Waals surface area contributed by atoms with Crippen molar-refractivity contribution in [3.8, 4) is 0 Å². The van der Waals surface area contributed by atoms with Gasteiger partial charge >= 0.3 is 6.18 Å². The molecule has 1 heterocycles. The van der Waals surface area contributed by atoms with Gasteiger partial charge in [-0.1, -0.05) is 32.0 Å². The minimum atomic E-state index is -4.56. The summed E-state index contributed by atoms with van der Waals surface area (Å²) >= 11 is 5.95. The fraction of sp³-hybridized carbons (Fsp3) is 0.556. The molecule has 218 valence electrons. The molecule has 1 aromatic rings. The maximum Gasteiger partial charge on any atom is 0.405 e. The zero-order valence-corrected chi connectivity index (χ0v) is 23.1. The van der Waals surface area contributed by atoms with Gasteiger partial charge in [0.25, 0.3) is 0 Å². The molecule has 2 amide bonds. The van der Waals surface area contributed by atoms with Crippen LogP contribution in [0, 0.1) is 5.92 Å². The van der Waals surface area contributed by atoms with Gasteiger partial charge in [-0.05, 0) is 49.6 Å². The van der Waals surface area contributed by atoms with E-state index in [1.54, 1.807) is 36.1 Å². The van der Waals surface area contributed by atoms with E-state index in [0.717, 1.165) is 5.56 Å². The molecule has 8 nitrogen and oxygen atoms in total. The number of primary amides is 1. The SMILES string of the molecule is C=C(O/C(=C\CC)CN1CCN(C[C@@H](O)C[C@@H](CC)C(N)=O)[C@H](C(=O)NCC(F)(F)F)C1)c1ccc(Cl)cc1. The fourth-order valence-corrected chi connectivity index (χ4v) is 4.52. The zero-order valence-electron chi connectivity index (χ0n) is 22.3.